The van der Waals surface area contributed by atoms with E-state index in [1.807, 2.05) is 30.8 Å². The molecule has 0 aliphatic heterocycles. The van der Waals surface area contributed by atoms with Crippen molar-refractivity contribution in [3.8, 4) is 11.5 Å². The maximum atomic E-state index is 13.9. The van der Waals surface area contributed by atoms with Crippen LogP contribution < -0.4 is 5.32 Å². The van der Waals surface area contributed by atoms with Crippen LogP contribution in [-0.2, 0) is 16.6 Å². The molecule has 2 atom stereocenters. The topological polar surface area (TPSA) is 111 Å². The first kappa shape index (κ1) is 21.0. The third kappa shape index (κ3) is 3.31. The number of hydrogen-bond donors (Lipinski definition) is 2. The number of ether oxygens (including phenoxy) is 1. The fourth-order valence-electron chi connectivity index (χ4n) is 5.80. The zero-order valence-corrected chi connectivity index (χ0v) is 19.1. The lowest BCUT2D eigenvalue weighted by molar-refractivity contribution is -0.154. The normalized spacial score (nSPS) is 24.1. The quantitative estimate of drug-likeness (QED) is 0.433. The average molecular weight is 464 g/mol. The largest absolute Gasteiger partial charge is 0.466 e. The Morgan fingerprint density at radius 2 is 2.03 bits per heavy atom. The molecule has 0 spiro atoms. The minimum atomic E-state index is -0.455. The summed E-state index contributed by atoms with van der Waals surface area (Å²) in [5.74, 6) is 0.955. The van der Waals surface area contributed by atoms with Crippen molar-refractivity contribution in [2.75, 3.05) is 11.9 Å². The number of aromatic nitrogens is 6. The summed E-state index contributed by atoms with van der Waals surface area (Å²) >= 11 is 0. The number of nitrogens with one attached hydrogen (secondary N) is 2. The van der Waals surface area contributed by atoms with Crippen LogP contribution in [0.25, 0.3) is 33.6 Å². The van der Waals surface area contributed by atoms with E-state index < -0.39 is 5.82 Å². The summed E-state index contributed by atoms with van der Waals surface area (Å²) in [6.07, 6.45) is 7.35. The van der Waals surface area contributed by atoms with Gasteiger partial charge in [-0.1, -0.05) is 0 Å². The molecule has 4 aromatic rings. The van der Waals surface area contributed by atoms with E-state index in [4.69, 9.17) is 14.7 Å². The van der Waals surface area contributed by atoms with Gasteiger partial charge in [0.25, 0.3) is 0 Å². The van der Waals surface area contributed by atoms with E-state index >= 15 is 0 Å². The fourth-order valence-corrected chi connectivity index (χ4v) is 5.80. The van der Waals surface area contributed by atoms with Crippen molar-refractivity contribution in [2.24, 2.45) is 24.8 Å². The number of aryl methyl sites for hydroxylation is 1. The van der Waals surface area contributed by atoms with Gasteiger partial charge in [-0.25, -0.2) is 19.3 Å². The van der Waals surface area contributed by atoms with Crippen LogP contribution in [-0.4, -0.2) is 48.3 Å². The van der Waals surface area contributed by atoms with Gasteiger partial charge in [0.2, 0.25) is 0 Å². The van der Waals surface area contributed by atoms with E-state index in [1.165, 1.54) is 6.07 Å². The van der Waals surface area contributed by atoms with Crippen LogP contribution in [0, 0.1) is 23.6 Å². The number of carbonyl (C=O) groups is 1. The van der Waals surface area contributed by atoms with Gasteiger partial charge >= 0.3 is 5.97 Å². The molecule has 9 nitrogen and oxygen atoms in total. The molecule has 3 fully saturated rings. The monoisotopic (exact) mass is 463 g/mol. The number of anilines is 1. The van der Waals surface area contributed by atoms with Gasteiger partial charge in [-0.05, 0) is 56.6 Å². The van der Waals surface area contributed by atoms with Crippen molar-refractivity contribution in [3.05, 3.63) is 30.3 Å². The molecule has 0 amide bonds. The minimum absolute atomic E-state index is 0.0599. The van der Waals surface area contributed by atoms with Crippen LogP contribution in [0.15, 0.2) is 24.5 Å². The molecule has 3 saturated carbocycles. The van der Waals surface area contributed by atoms with Crippen LogP contribution >= 0.6 is 0 Å². The standard InChI is InChI=1S/C24H26FN7O2/c1-3-34-24(33)17-12-4-6-13(7-5-12)18(17)27-21-15-8-9-32(2)23(15)29-22(28-21)19-16-10-14(25)11-26-20(16)31-30-19/h8-13,17-18H,3-7H2,1-2H3,(H,26,30,31)(H,27,28,29)/t12?,13?,17-,18-/m0/s1. The molecule has 0 aromatic carbocycles. The highest BCUT2D eigenvalue weighted by atomic mass is 19.1. The van der Waals surface area contributed by atoms with Gasteiger partial charge in [-0.2, -0.15) is 5.10 Å². The van der Waals surface area contributed by atoms with Gasteiger partial charge in [-0.15, -0.1) is 0 Å². The van der Waals surface area contributed by atoms with E-state index in [9.17, 15) is 9.18 Å². The fraction of sp³-hybridized carbons (Fsp3) is 0.458. The highest BCUT2D eigenvalue weighted by Gasteiger charge is 2.48. The molecule has 34 heavy (non-hydrogen) atoms. The predicted molar refractivity (Wildman–Crippen MR) is 124 cm³/mol. The number of nitrogens with zero attached hydrogens (tertiary/aromatic N) is 5. The lowest BCUT2D eigenvalue weighted by Gasteiger charge is -2.47. The predicted octanol–water partition coefficient (Wildman–Crippen LogP) is 3.83. The first-order valence-electron chi connectivity index (χ1n) is 11.8. The number of halogens is 1. The summed E-state index contributed by atoms with van der Waals surface area (Å²) in [6.45, 7) is 2.22. The summed E-state index contributed by atoms with van der Waals surface area (Å²) in [7, 11) is 1.92. The van der Waals surface area contributed by atoms with Crippen LogP contribution in [0.1, 0.15) is 32.6 Å². The molecule has 0 unspecified atom stereocenters. The zero-order chi connectivity index (χ0) is 23.4. The van der Waals surface area contributed by atoms with Crippen molar-refractivity contribution in [2.45, 2.75) is 38.6 Å². The molecule has 10 heteroatoms. The van der Waals surface area contributed by atoms with E-state index in [2.05, 4.69) is 20.5 Å². The number of aromatic amines is 1. The van der Waals surface area contributed by atoms with Crippen LogP contribution in [0.4, 0.5) is 10.2 Å². The maximum Gasteiger partial charge on any atom is 0.311 e. The molecule has 3 aliphatic carbocycles. The van der Waals surface area contributed by atoms with Crippen molar-refractivity contribution >= 4 is 33.9 Å². The highest BCUT2D eigenvalue weighted by molar-refractivity contribution is 5.93. The second kappa shape index (κ2) is 8.03. The number of fused-ring (bicyclic) bond motifs is 5. The zero-order valence-electron chi connectivity index (χ0n) is 19.1. The molecular weight excluding hydrogens is 437 g/mol. The summed E-state index contributed by atoms with van der Waals surface area (Å²) in [5.41, 5.74) is 1.63. The SMILES string of the molecule is CCOC(=O)[C@H]1C2CCC(CC2)[C@@H]1Nc1nc(-c2[nH]nc3ncc(F)cc23)nc2c1ccn2C. The van der Waals surface area contributed by atoms with E-state index in [1.54, 1.807) is 0 Å². The minimum Gasteiger partial charge on any atom is -0.466 e. The number of carbonyl (C=O) groups excluding carboxylic acids is 1. The van der Waals surface area contributed by atoms with E-state index in [0.717, 1.165) is 42.9 Å². The lowest BCUT2D eigenvalue weighted by Crippen LogP contribution is -2.52. The van der Waals surface area contributed by atoms with Gasteiger partial charge in [0, 0.05) is 19.3 Å². The Labute approximate surface area is 195 Å². The molecule has 4 heterocycles. The van der Waals surface area contributed by atoms with Crippen molar-refractivity contribution in [1.29, 1.82) is 0 Å². The van der Waals surface area contributed by atoms with Gasteiger partial charge in [0.05, 0.1) is 29.5 Å². The highest BCUT2D eigenvalue weighted by Crippen LogP contribution is 2.47. The summed E-state index contributed by atoms with van der Waals surface area (Å²) in [6, 6.07) is 3.29. The molecule has 0 radical (unpaired) electrons. The molecule has 176 valence electrons. The Morgan fingerprint density at radius 3 is 2.82 bits per heavy atom. The lowest BCUT2D eigenvalue weighted by atomic mass is 9.61. The Balaban J connectivity index is 1.45. The Bertz CT molecular complexity index is 1390. The van der Waals surface area contributed by atoms with Gasteiger partial charge in [0.15, 0.2) is 11.5 Å². The number of H-pyrrole nitrogens is 1. The number of hydrogen-bond acceptors (Lipinski definition) is 7. The third-order valence-corrected chi connectivity index (χ3v) is 7.41. The maximum absolute atomic E-state index is 13.9. The number of pyridine rings is 1. The molecule has 7 rings (SSSR count). The number of esters is 1. The molecule has 2 N–H and O–H groups in total. The van der Waals surface area contributed by atoms with Crippen molar-refractivity contribution in [1.82, 2.24) is 29.7 Å². The third-order valence-electron chi connectivity index (χ3n) is 7.41. The van der Waals surface area contributed by atoms with Crippen molar-refractivity contribution in [3.63, 3.8) is 0 Å². The second-order valence-electron chi connectivity index (χ2n) is 9.31. The van der Waals surface area contributed by atoms with Crippen LogP contribution in [0.3, 0.4) is 0 Å². The molecule has 0 saturated heterocycles. The van der Waals surface area contributed by atoms with Crippen molar-refractivity contribution < 1.29 is 13.9 Å². The average Bonchev–Trinajstić information content (AvgIpc) is 3.43. The Morgan fingerprint density at radius 1 is 1.24 bits per heavy atom. The summed E-state index contributed by atoms with van der Waals surface area (Å²) in [4.78, 5) is 26.6. The Kier molecular flexibility index (Phi) is 4.96. The van der Waals surface area contributed by atoms with Crippen LogP contribution in [0.5, 0.6) is 0 Å². The van der Waals surface area contributed by atoms with Gasteiger partial charge in [0.1, 0.15) is 23.0 Å². The summed E-state index contributed by atoms with van der Waals surface area (Å²) < 4.78 is 21.3. The van der Waals surface area contributed by atoms with Gasteiger partial charge < -0.3 is 14.6 Å². The number of rotatable bonds is 5. The molecule has 3 aliphatic rings. The molecule has 2 bridgehead atoms. The smallest absolute Gasteiger partial charge is 0.311 e. The molecular formula is C24H26FN7O2. The van der Waals surface area contributed by atoms with Gasteiger partial charge in [-0.3, -0.25) is 9.89 Å². The summed E-state index contributed by atoms with van der Waals surface area (Å²) in [5, 5.41) is 12.1. The first-order chi connectivity index (χ1) is 16.5. The second-order valence-corrected chi connectivity index (χ2v) is 9.31. The van der Waals surface area contributed by atoms with E-state index in [-0.39, 0.29) is 17.9 Å². The van der Waals surface area contributed by atoms with E-state index in [0.29, 0.717) is 46.8 Å². The molecule has 4 aromatic heterocycles. The first-order valence-corrected chi connectivity index (χ1v) is 11.8. The Hall–Kier alpha value is -3.56. The van der Waals surface area contributed by atoms with Crippen LogP contribution in [0.2, 0.25) is 0 Å².